The Morgan fingerprint density at radius 3 is 2.19 bits per heavy atom. The van der Waals surface area contributed by atoms with Crippen molar-refractivity contribution in [2.45, 2.75) is 12.8 Å². The highest BCUT2D eigenvalue weighted by atomic mass is 16.5. The normalized spacial score (nSPS) is 12.2. The molecular weight excluding hydrogens is 328 g/mol. The molecule has 0 amide bonds. The highest BCUT2D eigenvalue weighted by molar-refractivity contribution is 6.18. The maximum Gasteiger partial charge on any atom is 0.339 e. The predicted octanol–water partition coefficient (Wildman–Crippen LogP) is 4.18. The molecule has 1 aliphatic carbocycles. The summed E-state index contributed by atoms with van der Waals surface area (Å²) >= 11 is 0. The molecule has 4 rings (SSSR count). The largest absolute Gasteiger partial charge is 0.465 e. The molecule has 0 bridgehead atoms. The van der Waals surface area contributed by atoms with E-state index in [4.69, 9.17) is 9.47 Å². The number of ether oxygens (including phenoxy) is 2. The Balaban J connectivity index is 2.24. The zero-order chi connectivity index (χ0) is 18.3. The Morgan fingerprint density at radius 1 is 0.808 bits per heavy atom. The lowest BCUT2D eigenvalue weighted by atomic mass is 9.86. The molecule has 0 aliphatic heterocycles. The third-order valence-corrected chi connectivity index (χ3v) is 5.01. The smallest absolute Gasteiger partial charge is 0.339 e. The SMILES string of the molecule is COC(=O)c1c(C(=O)OC)c2c3c(cccc3c1-c1ccccc1)CC2. The Labute approximate surface area is 151 Å². The van der Waals surface area contributed by atoms with E-state index in [9.17, 15) is 9.59 Å². The van der Waals surface area contributed by atoms with Crippen LogP contribution in [0.3, 0.4) is 0 Å². The second-order valence-corrected chi connectivity index (χ2v) is 6.29. The number of rotatable bonds is 3. The molecule has 0 aromatic heterocycles. The number of carbonyl (C=O) groups is 2. The van der Waals surface area contributed by atoms with Gasteiger partial charge in [0.2, 0.25) is 0 Å². The molecule has 0 spiro atoms. The standard InChI is InChI=1S/C22H18O4/c1-25-21(23)19-16-12-11-14-9-6-10-15(17(14)16)18(20(19)22(24)26-2)13-7-4-3-5-8-13/h3-10H,11-12H2,1-2H3. The monoisotopic (exact) mass is 346 g/mol. The molecule has 0 heterocycles. The van der Waals surface area contributed by atoms with E-state index in [1.54, 1.807) is 0 Å². The lowest BCUT2D eigenvalue weighted by molar-refractivity contribution is 0.0555. The molecule has 0 N–H and O–H groups in total. The van der Waals surface area contributed by atoms with Gasteiger partial charge in [-0.3, -0.25) is 0 Å². The fourth-order valence-electron chi connectivity index (χ4n) is 3.96. The number of hydrogen-bond acceptors (Lipinski definition) is 4. The molecule has 0 saturated heterocycles. The molecule has 3 aromatic rings. The van der Waals surface area contributed by atoms with Crippen LogP contribution in [0.4, 0.5) is 0 Å². The molecule has 130 valence electrons. The highest BCUT2D eigenvalue weighted by Crippen LogP contribution is 2.42. The Bertz CT molecular complexity index is 1040. The minimum absolute atomic E-state index is 0.284. The summed E-state index contributed by atoms with van der Waals surface area (Å²) in [6.07, 6.45) is 1.55. The summed E-state index contributed by atoms with van der Waals surface area (Å²) in [5.74, 6) is -1.03. The number of methoxy groups -OCH3 is 2. The summed E-state index contributed by atoms with van der Waals surface area (Å²) in [5.41, 5.74) is 4.27. The third kappa shape index (κ3) is 2.30. The molecule has 4 nitrogen and oxygen atoms in total. The van der Waals surface area contributed by atoms with Gasteiger partial charge in [-0.2, -0.15) is 0 Å². The quantitative estimate of drug-likeness (QED) is 0.668. The first kappa shape index (κ1) is 16.3. The summed E-state index contributed by atoms with van der Waals surface area (Å²) in [6.45, 7) is 0. The van der Waals surface area contributed by atoms with Crippen LogP contribution in [0.25, 0.3) is 21.9 Å². The second-order valence-electron chi connectivity index (χ2n) is 6.29. The van der Waals surface area contributed by atoms with Gasteiger partial charge < -0.3 is 9.47 Å². The van der Waals surface area contributed by atoms with Crippen LogP contribution in [0.5, 0.6) is 0 Å². The van der Waals surface area contributed by atoms with E-state index in [1.165, 1.54) is 19.8 Å². The second kappa shape index (κ2) is 6.30. The number of benzene rings is 3. The Kier molecular flexibility index (Phi) is 3.96. The zero-order valence-electron chi connectivity index (χ0n) is 14.7. The Hall–Kier alpha value is -3.14. The van der Waals surface area contributed by atoms with Crippen molar-refractivity contribution in [3.8, 4) is 11.1 Å². The fourth-order valence-corrected chi connectivity index (χ4v) is 3.96. The van der Waals surface area contributed by atoms with Gasteiger partial charge in [0.25, 0.3) is 0 Å². The van der Waals surface area contributed by atoms with Gasteiger partial charge in [-0.1, -0.05) is 48.5 Å². The van der Waals surface area contributed by atoms with Gasteiger partial charge in [0.05, 0.1) is 25.3 Å². The maximum absolute atomic E-state index is 12.7. The van der Waals surface area contributed by atoms with E-state index in [1.807, 2.05) is 42.5 Å². The molecule has 4 heteroatoms. The van der Waals surface area contributed by atoms with E-state index in [0.29, 0.717) is 12.0 Å². The van der Waals surface area contributed by atoms with Crippen LogP contribution in [0, 0.1) is 0 Å². The predicted molar refractivity (Wildman–Crippen MR) is 99.5 cm³/mol. The molecular formula is C22H18O4. The minimum atomic E-state index is -0.528. The molecule has 0 saturated carbocycles. The van der Waals surface area contributed by atoms with Crippen molar-refractivity contribution in [3.63, 3.8) is 0 Å². The van der Waals surface area contributed by atoms with Crippen LogP contribution in [0.15, 0.2) is 48.5 Å². The molecule has 0 atom stereocenters. The summed E-state index contributed by atoms with van der Waals surface area (Å²) in [4.78, 5) is 25.4. The van der Waals surface area contributed by atoms with E-state index < -0.39 is 11.9 Å². The number of aryl methyl sites for hydroxylation is 2. The van der Waals surface area contributed by atoms with Crippen LogP contribution in [0.2, 0.25) is 0 Å². The van der Waals surface area contributed by atoms with Crippen molar-refractivity contribution in [2.75, 3.05) is 14.2 Å². The van der Waals surface area contributed by atoms with Gasteiger partial charge in [0, 0.05) is 5.56 Å². The first-order valence-electron chi connectivity index (χ1n) is 8.49. The van der Waals surface area contributed by atoms with Crippen LogP contribution in [-0.2, 0) is 22.3 Å². The molecule has 26 heavy (non-hydrogen) atoms. The highest BCUT2D eigenvalue weighted by Gasteiger charge is 2.32. The van der Waals surface area contributed by atoms with Crippen LogP contribution >= 0.6 is 0 Å². The summed E-state index contributed by atoms with van der Waals surface area (Å²) in [6, 6.07) is 15.7. The minimum Gasteiger partial charge on any atom is -0.465 e. The Morgan fingerprint density at radius 2 is 1.50 bits per heavy atom. The zero-order valence-corrected chi connectivity index (χ0v) is 14.7. The lowest BCUT2D eigenvalue weighted by Gasteiger charge is -2.18. The molecule has 3 aromatic carbocycles. The van der Waals surface area contributed by atoms with Crippen molar-refractivity contribution in [3.05, 3.63) is 70.8 Å². The lowest BCUT2D eigenvalue weighted by Crippen LogP contribution is -2.16. The van der Waals surface area contributed by atoms with E-state index in [-0.39, 0.29) is 5.56 Å². The van der Waals surface area contributed by atoms with Crippen LogP contribution in [0.1, 0.15) is 31.8 Å². The van der Waals surface area contributed by atoms with Gasteiger partial charge in [-0.25, -0.2) is 9.59 Å². The van der Waals surface area contributed by atoms with E-state index in [2.05, 4.69) is 6.07 Å². The van der Waals surface area contributed by atoms with Crippen molar-refractivity contribution in [2.24, 2.45) is 0 Å². The maximum atomic E-state index is 12.7. The average Bonchev–Trinajstić information content (AvgIpc) is 3.12. The van der Waals surface area contributed by atoms with Crippen molar-refractivity contribution in [1.82, 2.24) is 0 Å². The molecule has 0 fully saturated rings. The average molecular weight is 346 g/mol. The first-order valence-corrected chi connectivity index (χ1v) is 8.49. The first-order chi connectivity index (χ1) is 12.7. The van der Waals surface area contributed by atoms with Gasteiger partial charge in [0.15, 0.2) is 0 Å². The van der Waals surface area contributed by atoms with Gasteiger partial charge in [0.1, 0.15) is 0 Å². The van der Waals surface area contributed by atoms with Crippen molar-refractivity contribution >= 4 is 22.7 Å². The fraction of sp³-hybridized carbons (Fsp3) is 0.182. The molecule has 0 radical (unpaired) electrons. The molecule has 0 unspecified atom stereocenters. The van der Waals surface area contributed by atoms with E-state index >= 15 is 0 Å². The summed E-state index contributed by atoms with van der Waals surface area (Å²) in [5, 5.41) is 2.02. The number of esters is 2. The summed E-state index contributed by atoms with van der Waals surface area (Å²) < 4.78 is 10.1. The van der Waals surface area contributed by atoms with Gasteiger partial charge >= 0.3 is 11.9 Å². The number of hydrogen-bond donors (Lipinski definition) is 0. The van der Waals surface area contributed by atoms with Crippen molar-refractivity contribution < 1.29 is 19.1 Å². The topological polar surface area (TPSA) is 52.6 Å². The summed E-state index contributed by atoms with van der Waals surface area (Å²) in [7, 11) is 2.67. The van der Waals surface area contributed by atoms with Gasteiger partial charge in [-0.15, -0.1) is 0 Å². The third-order valence-electron chi connectivity index (χ3n) is 5.01. The molecule has 1 aliphatic rings. The van der Waals surface area contributed by atoms with Crippen LogP contribution < -0.4 is 0 Å². The van der Waals surface area contributed by atoms with E-state index in [0.717, 1.165) is 33.9 Å². The van der Waals surface area contributed by atoms with Crippen molar-refractivity contribution in [1.29, 1.82) is 0 Å². The van der Waals surface area contributed by atoms with Crippen LogP contribution in [-0.4, -0.2) is 26.2 Å². The van der Waals surface area contributed by atoms with Gasteiger partial charge in [-0.05, 0) is 40.3 Å². The number of carbonyl (C=O) groups excluding carboxylic acids is 2.